The van der Waals surface area contributed by atoms with E-state index < -0.39 is 10.0 Å². The number of carbonyl (C=O) groups is 1. The largest absolute Gasteiger partial charge is 0.494 e. The number of rotatable bonds is 7. The van der Waals surface area contributed by atoms with Crippen LogP contribution in [-0.2, 0) is 20.2 Å². The lowest BCUT2D eigenvalue weighted by atomic mass is 9.87. The summed E-state index contributed by atoms with van der Waals surface area (Å²) in [6.07, 6.45) is 0. The summed E-state index contributed by atoms with van der Waals surface area (Å²) in [5.74, 6) is 1.18. The minimum atomic E-state index is -3.71. The standard InChI is InChI=1S/C27H30N2O4S2/c1-5-33-23-14-12-22(13-15-23)29-25(30)18-34-26(29)19-6-10-21(11-7-19)28-35(31,32)24-16-8-20(9-17-24)27(2,3)4/h6-17,26,28H,5,18H2,1-4H3. The molecule has 1 amide bonds. The molecule has 3 aromatic carbocycles. The molecular weight excluding hydrogens is 480 g/mol. The van der Waals surface area contributed by atoms with Gasteiger partial charge in [0.15, 0.2) is 0 Å². The average molecular weight is 511 g/mol. The van der Waals surface area contributed by atoms with Gasteiger partial charge in [-0.1, -0.05) is 45.0 Å². The zero-order valence-electron chi connectivity index (χ0n) is 20.3. The maximum Gasteiger partial charge on any atom is 0.261 e. The summed E-state index contributed by atoms with van der Waals surface area (Å²) in [4.78, 5) is 14.6. The molecule has 1 aliphatic heterocycles. The molecule has 4 rings (SSSR count). The molecule has 1 atom stereocenters. The molecule has 0 saturated carbocycles. The second-order valence-electron chi connectivity index (χ2n) is 9.36. The number of anilines is 2. The zero-order chi connectivity index (χ0) is 25.2. The second kappa shape index (κ2) is 9.95. The van der Waals surface area contributed by atoms with Gasteiger partial charge in [0, 0.05) is 11.4 Å². The Labute approximate surface area is 211 Å². The molecular formula is C27H30N2O4S2. The van der Waals surface area contributed by atoms with Crippen LogP contribution in [0, 0.1) is 0 Å². The lowest BCUT2D eigenvalue weighted by Gasteiger charge is -2.24. The summed E-state index contributed by atoms with van der Waals surface area (Å²) in [6, 6.07) is 21.6. The number of thioether (sulfide) groups is 1. The summed E-state index contributed by atoms with van der Waals surface area (Å²) in [7, 11) is -3.71. The summed E-state index contributed by atoms with van der Waals surface area (Å²) < 4.78 is 33.9. The maximum atomic E-state index is 12.9. The maximum absolute atomic E-state index is 12.9. The summed E-state index contributed by atoms with van der Waals surface area (Å²) in [6.45, 7) is 8.77. The Morgan fingerprint density at radius 2 is 1.60 bits per heavy atom. The molecule has 184 valence electrons. The molecule has 1 aliphatic rings. The summed E-state index contributed by atoms with van der Waals surface area (Å²) in [5, 5.41) is -0.184. The predicted octanol–water partition coefficient (Wildman–Crippen LogP) is 5.96. The number of nitrogens with one attached hydrogen (secondary N) is 1. The van der Waals surface area contributed by atoms with Gasteiger partial charge in [-0.3, -0.25) is 14.4 Å². The fraction of sp³-hybridized carbons (Fsp3) is 0.296. The van der Waals surface area contributed by atoms with Gasteiger partial charge in [0.2, 0.25) is 5.91 Å². The third-order valence-electron chi connectivity index (χ3n) is 5.77. The number of sulfonamides is 1. The van der Waals surface area contributed by atoms with E-state index in [1.165, 1.54) is 0 Å². The topological polar surface area (TPSA) is 75.7 Å². The third-order valence-corrected chi connectivity index (χ3v) is 8.38. The van der Waals surface area contributed by atoms with Crippen LogP contribution in [-0.4, -0.2) is 26.7 Å². The van der Waals surface area contributed by atoms with Crippen LogP contribution < -0.4 is 14.4 Å². The highest BCUT2D eigenvalue weighted by atomic mass is 32.2. The van der Waals surface area contributed by atoms with Gasteiger partial charge in [0.05, 0.1) is 17.3 Å². The van der Waals surface area contributed by atoms with Gasteiger partial charge in [0.25, 0.3) is 10.0 Å². The Kier molecular flexibility index (Phi) is 7.15. The number of hydrogen-bond acceptors (Lipinski definition) is 5. The fourth-order valence-corrected chi connectivity index (χ4v) is 6.12. The van der Waals surface area contributed by atoms with Gasteiger partial charge >= 0.3 is 0 Å². The van der Waals surface area contributed by atoms with Crippen molar-refractivity contribution in [1.82, 2.24) is 0 Å². The van der Waals surface area contributed by atoms with E-state index in [4.69, 9.17) is 4.74 Å². The minimum Gasteiger partial charge on any atom is -0.494 e. The highest BCUT2D eigenvalue weighted by molar-refractivity contribution is 8.00. The number of carbonyl (C=O) groups excluding carboxylic acids is 1. The Morgan fingerprint density at radius 1 is 0.971 bits per heavy atom. The SMILES string of the molecule is CCOc1ccc(N2C(=O)CSC2c2ccc(NS(=O)(=O)c3ccc(C(C)(C)C)cc3)cc2)cc1. The van der Waals surface area contributed by atoms with Crippen molar-refractivity contribution in [2.45, 2.75) is 43.4 Å². The highest BCUT2D eigenvalue weighted by Gasteiger charge is 2.34. The average Bonchev–Trinajstić information content (AvgIpc) is 3.21. The first-order valence-corrected chi connectivity index (χ1v) is 14.0. The lowest BCUT2D eigenvalue weighted by Crippen LogP contribution is -2.27. The van der Waals surface area contributed by atoms with Crippen molar-refractivity contribution in [1.29, 1.82) is 0 Å². The van der Waals surface area contributed by atoms with Gasteiger partial charge in [-0.25, -0.2) is 8.42 Å². The molecule has 1 unspecified atom stereocenters. The van der Waals surface area contributed by atoms with E-state index in [2.05, 4.69) is 25.5 Å². The van der Waals surface area contributed by atoms with Crippen molar-refractivity contribution >= 4 is 39.1 Å². The molecule has 1 saturated heterocycles. The van der Waals surface area contributed by atoms with E-state index in [0.29, 0.717) is 18.0 Å². The van der Waals surface area contributed by atoms with Gasteiger partial charge < -0.3 is 4.74 Å². The normalized spacial score (nSPS) is 16.4. The van der Waals surface area contributed by atoms with Crippen molar-refractivity contribution in [2.24, 2.45) is 0 Å². The van der Waals surface area contributed by atoms with Crippen molar-refractivity contribution in [3.05, 3.63) is 83.9 Å². The Hall–Kier alpha value is -2.97. The number of benzene rings is 3. The van der Waals surface area contributed by atoms with Crippen LogP contribution in [0.15, 0.2) is 77.7 Å². The molecule has 1 N–H and O–H groups in total. The molecule has 8 heteroatoms. The number of nitrogens with zero attached hydrogens (tertiary/aromatic N) is 1. The van der Waals surface area contributed by atoms with Gasteiger partial charge in [-0.2, -0.15) is 0 Å². The van der Waals surface area contributed by atoms with Crippen molar-refractivity contribution in [2.75, 3.05) is 22.0 Å². The van der Waals surface area contributed by atoms with Gasteiger partial charge in [0.1, 0.15) is 11.1 Å². The molecule has 3 aromatic rings. The van der Waals surface area contributed by atoms with E-state index in [1.54, 1.807) is 40.9 Å². The monoisotopic (exact) mass is 510 g/mol. The first-order valence-electron chi connectivity index (χ1n) is 11.5. The van der Waals surface area contributed by atoms with Crippen LogP contribution in [0.2, 0.25) is 0 Å². The van der Waals surface area contributed by atoms with E-state index in [-0.39, 0.29) is 21.6 Å². The van der Waals surface area contributed by atoms with Crippen LogP contribution >= 0.6 is 11.8 Å². The molecule has 0 aliphatic carbocycles. The van der Waals surface area contributed by atoms with Crippen LogP contribution in [0.25, 0.3) is 0 Å². The van der Waals surface area contributed by atoms with Crippen LogP contribution in [0.3, 0.4) is 0 Å². The quantitative estimate of drug-likeness (QED) is 0.424. The highest BCUT2D eigenvalue weighted by Crippen LogP contribution is 2.42. The van der Waals surface area contributed by atoms with Crippen LogP contribution in [0.4, 0.5) is 11.4 Å². The van der Waals surface area contributed by atoms with E-state index >= 15 is 0 Å². The number of ether oxygens (including phenoxy) is 1. The van der Waals surface area contributed by atoms with Crippen molar-refractivity contribution in [3.8, 4) is 5.75 Å². The van der Waals surface area contributed by atoms with Crippen LogP contribution in [0.5, 0.6) is 5.75 Å². The summed E-state index contributed by atoms with van der Waals surface area (Å²) >= 11 is 1.55. The lowest BCUT2D eigenvalue weighted by molar-refractivity contribution is -0.115. The van der Waals surface area contributed by atoms with Crippen molar-refractivity contribution in [3.63, 3.8) is 0 Å². The zero-order valence-corrected chi connectivity index (χ0v) is 21.9. The van der Waals surface area contributed by atoms with E-state index in [0.717, 1.165) is 22.6 Å². The van der Waals surface area contributed by atoms with Crippen molar-refractivity contribution < 1.29 is 17.9 Å². The van der Waals surface area contributed by atoms with Gasteiger partial charge in [-0.15, -0.1) is 11.8 Å². The molecule has 1 fully saturated rings. The fourth-order valence-electron chi connectivity index (χ4n) is 3.88. The van der Waals surface area contributed by atoms with E-state index in [1.807, 2.05) is 55.5 Å². The second-order valence-corrected chi connectivity index (χ2v) is 12.1. The molecule has 6 nitrogen and oxygen atoms in total. The number of amides is 1. The third kappa shape index (κ3) is 5.65. The Morgan fingerprint density at radius 3 is 2.17 bits per heavy atom. The number of hydrogen-bond donors (Lipinski definition) is 1. The summed E-state index contributed by atoms with van der Waals surface area (Å²) in [5.41, 5.74) is 3.21. The van der Waals surface area contributed by atoms with E-state index in [9.17, 15) is 13.2 Å². The minimum absolute atomic E-state index is 0.0349. The molecule has 0 bridgehead atoms. The van der Waals surface area contributed by atoms with Gasteiger partial charge in [-0.05, 0) is 72.0 Å². The Bertz CT molecular complexity index is 1280. The first-order chi connectivity index (χ1) is 16.6. The molecule has 1 heterocycles. The molecule has 0 radical (unpaired) electrons. The Balaban J connectivity index is 1.50. The first kappa shape index (κ1) is 25.1. The van der Waals surface area contributed by atoms with Crippen LogP contribution in [0.1, 0.15) is 44.2 Å². The molecule has 0 spiro atoms. The molecule has 35 heavy (non-hydrogen) atoms. The molecule has 0 aromatic heterocycles. The predicted molar refractivity (Wildman–Crippen MR) is 143 cm³/mol. The smallest absolute Gasteiger partial charge is 0.261 e.